The lowest BCUT2D eigenvalue weighted by Gasteiger charge is -1.83. The van der Waals surface area contributed by atoms with Gasteiger partial charge in [-0.25, -0.2) is 0 Å². The van der Waals surface area contributed by atoms with Gasteiger partial charge in [-0.05, 0) is 13.3 Å². The first-order valence-corrected chi connectivity index (χ1v) is 4.60. The average molecular weight is 156 g/mol. The van der Waals surface area contributed by atoms with E-state index in [1.807, 2.05) is 33.8 Å². The highest BCUT2D eigenvalue weighted by Crippen LogP contribution is 1.92. The van der Waals surface area contributed by atoms with E-state index < -0.39 is 0 Å². The topological polar surface area (TPSA) is 0 Å². The van der Waals surface area contributed by atoms with Crippen LogP contribution in [0.5, 0.6) is 0 Å². The standard InChI is InChI=1S/C7H12.2C2H6/c1-4-6-7(3)5-2;2*1-2/h5-6H,2,4H2,1,3H3;2*1-2H3/b7-6-;;. The zero-order chi connectivity index (χ0) is 9.70. The van der Waals surface area contributed by atoms with Crippen LogP contribution in [0.25, 0.3) is 0 Å². The van der Waals surface area contributed by atoms with Crippen LogP contribution in [0.2, 0.25) is 0 Å². The van der Waals surface area contributed by atoms with Crippen molar-refractivity contribution in [2.45, 2.75) is 48.0 Å². The molecule has 0 aliphatic heterocycles. The van der Waals surface area contributed by atoms with Crippen molar-refractivity contribution in [2.24, 2.45) is 0 Å². The van der Waals surface area contributed by atoms with E-state index in [1.165, 1.54) is 5.57 Å². The van der Waals surface area contributed by atoms with Gasteiger partial charge in [0, 0.05) is 0 Å². The zero-order valence-electron chi connectivity index (χ0n) is 9.07. The predicted molar refractivity (Wildman–Crippen MR) is 56.9 cm³/mol. The van der Waals surface area contributed by atoms with E-state index >= 15 is 0 Å². The summed E-state index contributed by atoms with van der Waals surface area (Å²) in [5.74, 6) is 0. The molecule has 0 nitrogen and oxygen atoms in total. The molecule has 0 unspecified atom stereocenters. The van der Waals surface area contributed by atoms with Crippen LogP contribution < -0.4 is 0 Å². The molecular formula is C11H24. The molecule has 0 aromatic carbocycles. The van der Waals surface area contributed by atoms with Crippen molar-refractivity contribution in [1.82, 2.24) is 0 Å². The van der Waals surface area contributed by atoms with Crippen molar-refractivity contribution >= 4 is 0 Å². The minimum absolute atomic E-state index is 1.11. The Bertz CT molecular complexity index is 78.0. The summed E-state index contributed by atoms with van der Waals surface area (Å²) >= 11 is 0. The predicted octanol–water partition coefficient (Wildman–Crippen LogP) is 4.58. The first-order chi connectivity index (χ1) is 5.31. The summed E-state index contributed by atoms with van der Waals surface area (Å²) in [7, 11) is 0. The van der Waals surface area contributed by atoms with E-state index in [0.29, 0.717) is 0 Å². The fraction of sp³-hybridized carbons (Fsp3) is 0.636. The van der Waals surface area contributed by atoms with E-state index in [9.17, 15) is 0 Å². The second-order valence-electron chi connectivity index (χ2n) is 1.56. The van der Waals surface area contributed by atoms with Gasteiger partial charge in [0.05, 0.1) is 0 Å². The zero-order valence-corrected chi connectivity index (χ0v) is 9.07. The Balaban J connectivity index is -0.000000138. The third kappa shape index (κ3) is 26.4. The second-order valence-corrected chi connectivity index (χ2v) is 1.56. The van der Waals surface area contributed by atoms with Gasteiger partial charge >= 0.3 is 0 Å². The number of hydrogen-bond donors (Lipinski definition) is 0. The third-order valence-electron chi connectivity index (χ3n) is 0.848. The lowest BCUT2D eigenvalue weighted by Crippen LogP contribution is -1.62. The normalized spacial score (nSPS) is 8.36. The third-order valence-corrected chi connectivity index (χ3v) is 0.848. The first kappa shape index (κ1) is 16.8. The average Bonchev–Trinajstić information content (AvgIpc) is 2.12. The molecule has 0 aliphatic rings. The van der Waals surface area contributed by atoms with Crippen molar-refractivity contribution in [2.75, 3.05) is 0 Å². The maximum Gasteiger partial charge on any atom is -0.0374 e. The van der Waals surface area contributed by atoms with Crippen LogP contribution in [0, 0.1) is 0 Å². The van der Waals surface area contributed by atoms with Crippen LogP contribution in [0.3, 0.4) is 0 Å². The molecule has 11 heavy (non-hydrogen) atoms. The molecule has 0 aromatic rings. The summed E-state index contributed by atoms with van der Waals surface area (Å²) in [6.07, 6.45) is 5.12. The van der Waals surface area contributed by atoms with Crippen LogP contribution in [-0.2, 0) is 0 Å². The summed E-state index contributed by atoms with van der Waals surface area (Å²) in [6, 6.07) is 0. The fourth-order valence-electron chi connectivity index (χ4n) is 0.405. The van der Waals surface area contributed by atoms with E-state index in [0.717, 1.165) is 6.42 Å². The molecule has 0 atom stereocenters. The SMILES string of the molecule is C=C/C(C)=C\CC.CC.CC. The van der Waals surface area contributed by atoms with Gasteiger partial charge in [0.2, 0.25) is 0 Å². The molecular weight excluding hydrogens is 132 g/mol. The minimum atomic E-state index is 1.11. The Labute approximate surface area is 73.0 Å². The minimum Gasteiger partial charge on any atom is -0.0988 e. The number of rotatable bonds is 2. The van der Waals surface area contributed by atoms with Gasteiger partial charge in [-0.3, -0.25) is 0 Å². The van der Waals surface area contributed by atoms with E-state index in [1.54, 1.807) is 0 Å². The molecule has 0 fully saturated rings. The van der Waals surface area contributed by atoms with Crippen LogP contribution in [-0.4, -0.2) is 0 Å². The Kier molecular flexibility index (Phi) is 34.7. The molecule has 0 saturated carbocycles. The summed E-state index contributed by atoms with van der Waals surface area (Å²) in [5.41, 5.74) is 1.27. The van der Waals surface area contributed by atoms with Crippen LogP contribution in [0.4, 0.5) is 0 Å². The van der Waals surface area contributed by atoms with Crippen molar-refractivity contribution < 1.29 is 0 Å². The Morgan fingerprint density at radius 1 is 1.18 bits per heavy atom. The molecule has 0 N–H and O–H groups in total. The highest BCUT2D eigenvalue weighted by atomic mass is 13.8. The van der Waals surface area contributed by atoms with Crippen molar-refractivity contribution in [3.8, 4) is 0 Å². The Hall–Kier alpha value is -0.520. The van der Waals surface area contributed by atoms with Gasteiger partial charge in [-0.15, -0.1) is 0 Å². The molecule has 68 valence electrons. The van der Waals surface area contributed by atoms with Crippen molar-refractivity contribution in [3.63, 3.8) is 0 Å². The van der Waals surface area contributed by atoms with Crippen LogP contribution in [0.15, 0.2) is 24.3 Å². The Morgan fingerprint density at radius 2 is 1.55 bits per heavy atom. The quantitative estimate of drug-likeness (QED) is 0.513. The molecule has 0 radical (unpaired) electrons. The van der Waals surface area contributed by atoms with Crippen LogP contribution >= 0.6 is 0 Å². The first-order valence-electron chi connectivity index (χ1n) is 4.60. The molecule has 0 aromatic heterocycles. The van der Waals surface area contributed by atoms with E-state index in [-0.39, 0.29) is 0 Å². The van der Waals surface area contributed by atoms with Gasteiger partial charge in [0.1, 0.15) is 0 Å². The van der Waals surface area contributed by atoms with Crippen LogP contribution in [0.1, 0.15) is 48.0 Å². The lowest BCUT2D eigenvalue weighted by atomic mass is 10.2. The summed E-state index contributed by atoms with van der Waals surface area (Å²) in [6.45, 7) is 15.8. The molecule has 0 spiro atoms. The summed E-state index contributed by atoms with van der Waals surface area (Å²) in [5, 5.41) is 0. The van der Waals surface area contributed by atoms with Gasteiger partial charge < -0.3 is 0 Å². The molecule has 0 aliphatic carbocycles. The highest BCUT2D eigenvalue weighted by Gasteiger charge is 1.71. The van der Waals surface area contributed by atoms with Gasteiger partial charge in [0.25, 0.3) is 0 Å². The molecule has 0 saturated heterocycles. The molecule has 0 heteroatoms. The Morgan fingerprint density at radius 3 is 1.64 bits per heavy atom. The maximum atomic E-state index is 3.61. The van der Waals surface area contributed by atoms with Gasteiger partial charge in [0.15, 0.2) is 0 Å². The number of hydrogen-bond acceptors (Lipinski definition) is 0. The van der Waals surface area contributed by atoms with E-state index in [2.05, 4.69) is 26.5 Å². The smallest absolute Gasteiger partial charge is 0.0374 e. The summed E-state index contributed by atoms with van der Waals surface area (Å²) in [4.78, 5) is 0. The second kappa shape index (κ2) is 22.7. The molecule has 0 amide bonds. The molecule has 0 heterocycles. The molecule has 0 bridgehead atoms. The number of allylic oxidation sites excluding steroid dienone is 3. The lowest BCUT2D eigenvalue weighted by molar-refractivity contribution is 1.20. The maximum absolute atomic E-state index is 3.61. The van der Waals surface area contributed by atoms with Gasteiger partial charge in [-0.2, -0.15) is 0 Å². The van der Waals surface area contributed by atoms with Crippen molar-refractivity contribution in [3.05, 3.63) is 24.3 Å². The molecule has 0 rings (SSSR count). The monoisotopic (exact) mass is 156 g/mol. The van der Waals surface area contributed by atoms with Crippen molar-refractivity contribution in [1.29, 1.82) is 0 Å². The van der Waals surface area contributed by atoms with E-state index in [4.69, 9.17) is 0 Å². The van der Waals surface area contributed by atoms with Gasteiger partial charge in [-0.1, -0.05) is 58.9 Å². The summed E-state index contributed by atoms with van der Waals surface area (Å²) < 4.78 is 0. The highest BCUT2D eigenvalue weighted by molar-refractivity contribution is 5.11. The fourth-order valence-corrected chi connectivity index (χ4v) is 0.405. The largest absolute Gasteiger partial charge is 0.0988 e.